The number of aryl methyl sites for hydroxylation is 1. The highest BCUT2D eigenvalue weighted by Crippen LogP contribution is 2.27. The van der Waals surface area contributed by atoms with Crippen LogP contribution in [0.3, 0.4) is 0 Å². The number of hydrogen-bond donors (Lipinski definition) is 0. The van der Waals surface area contributed by atoms with Gasteiger partial charge in [0.15, 0.2) is 9.84 Å². The van der Waals surface area contributed by atoms with Gasteiger partial charge in [-0.15, -0.1) is 0 Å². The monoisotopic (exact) mass is 407 g/mol. The summed E-state index contributed by atoms with van der Waals surface area (Å²) in [6.45, 7) is 1.86. The highest BCUT2D eigenvalue weighted by atomic mass is 32.2. The van der Waals surface area contributed by atoms with E-state index in [2.05, 4.69) is 0 Å². The van der Waals surface area contributed by atoms with Crippen LogP contribution in [0.4, 0.5) is 0 Å². The van der Waals surface area contributed by atoms with Crippen LogP contribution < -0.4 is 4.74 Å². The van der Waals surface area contributed by atoms with Crippen molar-refractivity contribution in [1.29, 1.82) is 0 Å². The van der Waals surface area contributed by atoms with Crippen LogP contribution in [0.25, 0.3) is 6.08 Å². The lowest BCUT2D eigenvalue weighted by Crippen LogP contribution is -2.56. The van der Waals surface area contributed by atoms with Crippen molar-refractivity contribution in [3.8, 4) is 5.75 Å². The third-order valence-corrected chi connectivity index (χ3v) is 8.11. The number of rotatable bonds is 6. The average Bonchev–Trinajstić information content (AvgIpc) is 2.59. The molecule has 0 unspecified atom stereocenters. The molecule has 8 heteroatoms. The Morgan fingerprint density at radius 2 is 1.56 bits per heavy atom. The molecular weight excluding hydrogens is 386 g/mol. The average molecular weight is 408 g/mol. The van der Waals surface area contributed by atoms with Crippen LogP contribution in [0, 0.1) is 6.92 Å². The lowest BCUT2D eigenvalue weighted by molar-refractivity contribution is 0.313. The zero-order valence-electron chi connectivity index (χ0n) is 15.1. The Bertz CT molecular complexity index is 1030. The fraction of sp³-hybridized carbons (Fsp3) is 0.263. The first-order valence-corrected chi connectivity index (χ1v) is 11.4. The van der Waals surface area contributed by atoms with Crippen molar-refractivity contribution in [1.82, 2.24) is 4.31 Å². The molecule has 2 aromatic rings. The molecule has 1 saturated heterocycles. The molecule has 0 N–H and O–H groups in total. The molecule has 1 aliphatic rings. The van der Waals surface area contributed by atoms with Crippen LogP contribution in [0.5, 0.6) is 5.75 Å². The number of methoxy groups -OCH3 is 1. The fourth-order valence-electron chi connectivity index (χ4n) is 2.69. The highest BCUT2D eigenvalue weighted by Gasteiger charge is 2.42. The van der Waals surface area contributed by atoms with E-state index in [1.54, 1.807) is 12.1 Å². The van der Waals surface area contributed by atoms with E-state index in [1.807, 2.05) is 31.2 Å². The summed E-state index contributed by atoms with van der Waals surface area (Å²) in [5.74, 6) is 0.563. The Kier molecular flexibility index (Phi) is 5.41. The quantitative estimate of drug-likeness (QED) is 0.735. The minimum atomic E-state index is -3.65. The molecule has 27 heavy (non-hydrogen) atoms. The summed E-state index contributed by atoms with van der Waals surface area (Å²) >= 11 is 0. The maximum absolute atomic E-state index is 12.6. The van der Waals surface area contributed by atoms with E-state index in [0.29, 0.717) is 5.75 Å². The molecule has 3 rings (SSSR count). The molecule has 144 valence electrons. The molecular formula is C19H21NO5S2. The van der Waals surface area contributed by atoms with Crippen molar-refractivity contribution in [2.75, 3.05) is 20.2 Å². The molecule has 0 radical (unpaired) electrons. The number of hydrogen-bond acceptors (Lipinski definition) is 5. The largest absolute Gasteiger partial charge is 0.497 e. The minimum Gasteiger partial charge on any atom is -0.497 e. The second-order valence-electron chi connectivity index (χ2n) is 6.42. The molecule has 1 heterocycles. The van der Waals surface area contributed by atoms with Crippen LogP contribution in [-0.2, 0) is 19.9 Å². The van der Waals surface area contributed by atoms with Gasteiger partial charge in [0, 0.05) is 18.5 Å². The van der Waals surface area contributed by atoms with Gasteiger partial charge in [-0.3, -0.25) is 0 Å². The minimum absolute atomic E-state index is 0.0467. The maximum atomic E-state index is 12.6. The second kappa shape index (κ2) is 7.46. The molecule has 0 saturated carbocycles. The van der Waals surface area contributed by atoms with Crippen molar-refractivity contribution in [2.24, 2.45) is 0 Å². The van der Waals surface area contributed by atoms with E-state index in [4.69, 9.17) is 4.74 Å². The lowest BCUT2D eigenvalue weighted by Gasteiger charge is -2.36. The highest BCUT2D eigenvalue weighted by molar-refractivity contribution is 7.93. The van der Waals surface area contributed by atoms with Gasteiger partial charge in [-0.1, -0.05) is 29.8 Å². The molecule has 0 amide bonds. The summed E-state index contributed by atoms with van der Waals surface area (Å²) in [5, 5.41) is 0.377. The lowest BCUT2D eigenvalue weighted by atomic mass is 10.2. The molecule has 0 atom stereocenters. The molecule has 1 aliphatic heterocycles. The van der Waals surface area contributed by atoms with Gasteiger partial charge >= 0.3 is 0 Å². The Hall–Kier alpha value is -2.16. The van der Waals surface area contributed by atoms with Crippen LogP contribution in [0.1, 0.15) is 11.1 Å². The number of sulfone groups is 1. The predicted octanol–water partition coefficient (Wildman–Crippen LogP) is 2.46. The standard InChI is InChI=1S/C19H21NO5S2/c1-15-3-5-16(6-4-15)11-12-26(21,22)20-13-19(14-20)27(23,24)18-9-7-17(25-2)8-10-18/h3-12,19H,13-14H2,1-2H3/b12-11+. The summed E-state index contributed by atoms with van der Waals surface area (Å²) in [5.41, 5.74) is 1.86. The normalized spacial score (nSPS) is 16.4. The molecule has 1 fully saturated rings. The van der Waals surface area contributed by atoms with Crippen LogP contribution in [0.15, 0.2) is 58.8 Å². The zero-order chi connectivity index (χ0) is 19.7. The van der Waals surface area contributed by atoms with Crippen LogP contribution in [0.2, 0.25) is 0 Å². The van der Waals surface area contributed by atoms with Crippen molar-refractivity contribution in [3.63, 3.8) is 0 Å². The summed E-state index contributed by atoms with van der Waals surface area (Å²) in [7, 11) is -5.73. The first-order chi connectivity index (χ1) is 12.7. The third kappa shape index (κ3) is 4.23. The molecule has 6 nitrogen and oxygen atoms in total. The topological polar surface area (TPSA) is 80.8 Å². The fourth-order valence-corrected chi connectivity index (χ4v) is 5.81. The van der Waals surface area contributed by atoms with Gasteiger partial charge < -0.3 is 4.74 Å². The molecule has 0 aromatic heterocycles. The summed E-state index contributed by atoms with van der Waals surface area (Å²) in [4.78, 5) is 0.167. The van der Waals surface area contributed by atoms with Gasteiger partial charge in [0.05, 0.1) is 17.3 Å². The Morgan fingerprint density at radius 3 is 2.11 bits per heavy atom. The Labute approximate surface area is 160 Å². The Balaban J connectivity index is 1.67. The molecule has 0 aliphatic carbocycles. The van der Waals surface area contributed by atoms with E-state index in [1.165, 1.54) is 29.6 Å². The van der Waals surface area contributed by atoms with E-state index in [9.17, 15) is 16.8 Å². The van der Waals surface area contributed by atoms with Gasteiger partial charge in [0.1, 0.15) is 5.75 Å². The summed E-state index contributed by atoms with van der Waals surface area (Å²) in [6, 6.07) is 13.5. The molecule has 2 aromatic carbocycles. The number of ether oxygens (including phenoxy) is 1. The Morgan fingerprint density at radius 1 is 0.963 bits per heavy atom. The predicted molar refractivity (Wildman–Crippen MR) is 105 cm³/mol. The first kappa shape index (κ1) is 19.6. The van der Waals surface area contributed by atoms with Crippen molar-refractivity contribution >= 4 is 25.9 Å². The second-order valence-corrected chi connectivity index (χ2v) is 10.5. The van der Waals surface area contributed by atoms with E-state index < -0.39 is 25.1 Å². The number of nitrogens with zero attached hydrogens (tertiary/aromatic N) is 1. The van der Waals surface area contributed by atoms with Crippen molar-refractivity contribution in [2.45, 2.75) is 17.1 Å². The first-order valence-electron chi connectivity index (χ1n) is 8.35. The van der Waals surface area contributed by atoms with Gasteiger partial charge in [-0.2, -0.15) is 4.31 Å². The van der Waals surface area contributed by atoms with E-state index in [0.717, 1.165) is 16.5 Å². The summed E-state index contributed by atoms with van der Waals surface area (Å²) < 4.78 is 56.2. The number of benzene rings is 2. The third-order valence-electron chi connectivity index (χ3n) is 4.51. The maximum Gasteiger partial charge on any atom is 0.236 e. The zero-order valence-corrected chi connectivity index (χ0v) is 16.7. The van der Waals surface area contributed by atoms with Gasteiger partial charge in [-0.05, 0) is 42.8 Å². The molecule has 0 bridgehead atoms. The number of sulfonamides is 1. The van der Waals surface area contributed by atoms with E-state index >= 15 is 0 Å². The van der Waals surface area contributed by atoms with Crippen LogP contribution in [-0.4, -0.2) is 46.6 Å². The molecule has 0 spiro atoms. The van der Waals surface area contributed by atoms with Gasteiger partial charge in [0.25, 0.3) is 0 Å². The van der Waals surface area contributed by atoms with E-state index in [-0.39, 0.29) is 18.0 Å². The van der Waals surface area contributed by atoms with Crippen LogP contribution >= 0.6 is 0 Å². The van der Waals surface area contributed by atoms with Gasteiger partial charge in [-0.25, -0.2) is 16.8 Å². The van der Waals surface area contributed by atoms with Crippen molar-refractivity contribution in [3.05, 3.63) is 65.1 Å². The van der Waals surface area contributed by atoms with Crippen molar-refractivity contribution < 1.29 is 21.6 Å². The smallest absolute Gasteiger partial charge is 0.236 e. The summed E-state index contributed by atoms with van der Waals surface area (Å²) in [6.07, 6.45) is 1.51. The van der Waals surface area contributed by atoms with Gasteiger partial charge in [0.2, 0.25) is 10.0 Å². The SMILES string of the molecule is COc1ccc(S(=O)(=O)C2CN(S(=O)(=O)/C=C/c3ccc(C)cc3)C2)cc1.